The Morgan fingerprint density at radius 3 is 3.23 bits per heavy atom. The van der Waals surface area contributed by atoms with E-state index in [2.05, 4.69) is 15.2 Å². The van der Waals surface area contributed by atoms with Crippen LogP contribution in [0.5, 0.6) is 0 Å². The largest absolute Gasteiger partial charge is 0.392 e. The van der Waals surface area contributed by atoms with Crippen LogP contribution in [0.25, 0.3) is 10.4 Å². The van der Waals surface area contributed by atoms with E-state index in [0.29, 0.717) is 12.5 Å². The lowest BCUT2D eigenvalue weighted by molar-refractivity contribution is 0.0397. The molecular formula is C8H12N4O. The lowest BCUT2D eigenvalue weighted by atomic mass is 9.84. The van der Waals surface area contributed by atoms with Gasteiger partial charge in [0.25, 0.3) is 0 Å². The van der Waals surface area contributed by atoms with Crippen molar-refractivity contribution in [2.75, 3.05) is 6.54 Å². The second-order valence-electron chi connectivity index (χ2n) is 3.51. The molecule has 1 saturated carbocycles. The van der Waals surface area contributed by atoms with Crippen LogP contribution in [0.3, 0.4) is 0 Å². The third-order valence-corrected chi connectivity index (χ3v) is 2.73. The summed E-state index contributed by atoms with van der Waals surface area (Å²) in [4.78, 5) is 8.00. The van der Waals surface area contributed by atoms with Gasteiger partial charge in [0, 0.05) is 10.8 Å². The van der Waals surface area contributed by atoms with Gasteiger partial charge in [0.1, 0.15) is 6.10 Å². The van der Waals surface area contributed by atoms with E-state index in [4.69, 9.17) is 10.4 Å². The Hall–Kier alpha value is -1.22. The number of fused-ring (bicyclic) bond motifs is 1. The van der Waals surface area contributed by atoms with E-state index in [1.807, 2.05) is 0 Å². The lowest BCUT2D eigenvalue weighted by Gasteiger charge is -2.22. The highest BCUT2D eigenvalue weighted by Crippen LogP contribution is 2.32. The van der Waals surface area contributed by atoms with Gasteiger partial charge in [-0.25, -0.2) is 0 Å². The molecule has 1 fully saturated rings. The minimum atomic E-state index is 0.262. The minimum absolute atomic E-state index is 0.262. The van der Waals surface area contributed by atoms with Crippen LogP contribution in [-0.4, -0.2) is 18.4 Å². The smallest absolute Gasteiger partial charge is 0.135 e. The summed E-state index contributed by atoms with van der Waals surface area (Å²) in [6, 6.07) is 0. The molecule has 1 aliphatic heterocycles. The summed E-state index contributed by atoms with van der Waals surface area (Å²) < 4.78 is 0. The maximum Gasteiger partial charge on any atom is 0.135 e. The fourth-order valence-corrected chi connectivity index (χ4v) is 2.06. The average molecular weight is 180 g/mol. The zero-order valence-corrected chi connectivity index (χ0v) is 7.39. The molecule has 1 heterocycles. The maximum absolute atomic E-state index is 8.19. The van der Waals surface area contributed by atoms with Crippen LogP contribution < -0.4 is 0 Å². The molecule has 0 aromatic rings. The van der Waals surface area contributed by atoms with Gasteiger partial charge in [-0.05, 0) is 24.8 Å². The van der Waals surface area contributed by atoms with Crippen molar-refractivity contribution in [3.05, 3.63) is 10.4 Å². The van der Waals surface area contributed by atoms with Crippen LogP contribution in [0.2, 0.25) is 0 Å². The predicted molar refractivity (Wildman–Crippen MR) is 48.3 cm³/mol. The van der Waals surface area contributed by atoms with E-state index < -0.39 is 0 Å². The number of azide groups is 1. The van der Waals surface area contributed by atoms with Crippen molar-refractivity contribution in [1.29, 1.82) is 0 Å². The fourth-order valence-electron chi connectivity index (χ4n) is 2.06. The molecule has 0 aromatic heterocycles. The monoisotopic (exact) mass is 180 g/mol. The van der Waals surface area contributed by atoms with Crippen LogP contribution in [0.1, 0.15) is 25.7 Å². The van der Waals surface area contributed by atoms with Gasteiger partial charge in [0.05, 0.1) is 12.3 Å². The molecule has 0 N–H and O–H groups in total. The van der Waals surface area contributed by atoms with E-state index in [9.17, 15) is 0 Å². The van der Waals surface area contributed by atoms with Gasteiger partial charge < -0.3 is 4.84 Å². The normalized spacial score (nSPS) is 31.2. The average Bonchev–Trinajstić information content (AvgIpc) is 2.58. The van der Waals surface area contributed by atoms with Gasteiger partial charge in [-0.3, -0.25) is 0 Å². The number of hydrogen-bond donors (Lipinski definition) is 0. The molecule has 0 amide bonds. The third-order valence-electron chi connectivity index (χ3n) is 2.73. The number of hydrogen-bond acceptors (Lipinski definition) is 3. The summed E-state index contributed by atoms with van der Waals surface area (Å²) in [5.41, 5.74) is 9.12. The molecule has 70 valence electrons. The first-order valence-corrected chi connectivity index (χ1v) is 4.65. The van der Waals surface area contributed by atoms with Crippen LogP contribution in [0.15, 0.2) is 10.3 Å². The number of rotatable bonds is 2. The Balaban J connectivity index is 2.00. The zero-order chi connectivity index (χ0) is 9.10. The quantitative estimate of drug-likeness (QED) is 0.365. The first kappa shape index (κ1) is 8.38. The van der Waals surface area contributed by atoms with Gasteiger partial charge in [0.15, 0.2) is 0 Å². The molecule has 5 nitrogen and oxygen atoms in total. The van der Waals surface area contributed by atoms with Crippen LogP contribution >= 0.6 is 0 Å². The van der Waals surface area contributed by atoms with Crippen LogP contribution in [-0.2, 0) is 4.84 Å². The molecule has 1 aliphatic carbocycles. The second kappa shape index (κ2) is 3.66. The SMILES string of the molecule is [N-]=[N+]=NCC1=NOC2CCCCC12. The molecule has 13 heavy (non-hydrogen) atoms. The summed E-state index contributed by atoms with van der Waals surface area (Å²) >= 11 is 0. The standard InChI is InChI=1S/C8H12N4O/c9-12-10-5-7-6-3-1-2-4-8(6)13-11-7/h6,8H,1-5H2. The highest BCUT2D eigenvalue weighted by atomic mass is 16.6. The van der Waals surface area contributed by atoms with E-state index >= 15 is 0 Å². The number of oxime groups is 1. The Kier molecular flexibility index (Phi) is 2.36. The van der Waals surface area contributed by atoms with Gasteiger partial charge >= 0.3 is 0 Å². The number of nitrogens with zero attached hydrogens (tertiary/aromatic N) is 4. The third kappa shape index (κ3) is 1.60. The summed E-state index contributed by atoms with van der Waals surface area (Å²) in [5, 5.41) is 7.48. The highest BCUT2D eigenvalue weighted by Gasteiger charge is 2.35. The van der Waals surface area contributed by atoms with Gasteiger partial charge in [0.2, 0.25) is 0 Å². The van der Waals surface area contributed by atoms with Crippen molar-refractivity contribution in [3.8, 4) is 0 Å². The van der Waals surface area contributed by atoms with Crippen molar-refractivity contribution in [2.24, 2.45) is 16.2 Å². The second-order valence-corrected chi connectivity index (χ2v) is 3.51. The maximum atomic E-state index is 8.19. The molecule has 0 saturated heterocycles. The first-order chi connectivity index (χ1) is 6.42. The molecule has 2 aliphatic rings. The minimum Gasteiger partial charge on any atom is -0.392 e. The Bertz CT molecular complexity index is 269. The van der Waals surface area contributed by atoms with Crippen molar-refractivity contribution in [2.45, 2.75) is 31.8 Å². The van der Waals surface area contributed by atoms with E-state index in [-0.39, 0.29) is 6.10 Å². The molecule has 5 heteroatoms. The van der Waals surface area contributed by atoms with Crippen molar-refractivity contribution < 1.29 is 4.84 Å². The fraction of sp³-hybridized carbons (Fsp3) is 0.875. The van der Waals surface area contributed by atoms with E-state index in [1.54, 1.807) is 0 Å². The molecule has 0 spiro atoms. The van der Waals surface area contributed by atoms with Crippen LogP contribution in [0.4, 0.5) is 0 Å². The molecule has 2 atom stereocenters. The molecule has 2 rings (SSSR count). The topological polar surface area (TPSA) is 70.4 Å². The first-order valence-electron chi connectivity index (χ1n) is 4.65. The van der Waals surface area contributed by atoms with Crippen molar-refractivity contribution in [3.63, 3.8) is 0 Å². The van der Waals surface area contributed by atoms with Crippen LogP contribution in [0, 0.1) is 5.92 Å². The Morgan fingerprint density at radius 1 is 1.54 bits per heavy atom. The van der Waals surface area contributed by atoms with E-state index in [1.165, 1.54) is 12.8 Å². The van der Waals surface area contributed by atoms with Gasteiger partial charge in [-0.15, -0.1) is 0 Å². The van der Waals surface area contributed by atoms with E-state index in [0.717, 1.165) is 18.6 Å². The highest BCUT2D eigenvalue weighted by molar-refractivity contribution is 5.89. The van der Waals surface area contributed by atoms with Gasteiger partial charge in [-0.1, -0.05) is 16.7 Å². The summed E-state index contributed by atoms with van der Waals surface area (Å²) in [6.45, 7) is 0.373. The summed E-state index contributed by atoms with van der Waals surface area (Å²) in [7, 11) is 0. The summed E-state index contributed by atoms with van der Waals surface area (Å²) in [5.74, 6) is 0.416. The molecular weight excluding hydrogens is 168 g/mol. The van der Waals surface area contributed by atoms with Crippen molar-refractivity contribution >= 4 is 5.71 Å². The molecule has 0 aromatic carbocycles. The molecule has 2 unspecified atom stereocenters. The lowest BCUT2D eigenvalue weighted by Crippen LogP contribution is -2.27. The predicted octanol–water partition coefficient (Wildman–Crippen LogP) is 2.24. The zero-order valence-electron chi connectivity index (χ0n) is 7.39. The molecule has 0 radical (unpaired) electrons. The Morgan fingerprint density at radius 2 is 2.38 bits per heavy atom. The molecule has 0 bridgehead atoms. The van der Waals surface area contributed by atoms with Crippen molar-refractivity contribution in [1.82, 2.24) is 0 Å². The summed E-state index contributed by atoms with van der Waals surface area (Å²) in [6.07, 6.45) is 4.95. The van der Waals surface area contributed by atoms with Gasteiger partial charge in [-0.2, -0.15) is 0 Å². The Labute approximate surface area is 76.4 Å².